The van der Waals surface area contributed by atoms with Crippen molar-refractivity contribution >= 4 is 6.21 Å². The van der Waals surface area contributed by atoms with E-state index in [0.29, 0.717) is 0 Å². The minimum Gasteiger partial charge on any atom is -0.308 e. The molecule has 1 aromatic rings. The van der Waals surface area contributed by atoms with E-state index in [9.17, 15) is 0 Å². The maximum atomic E-state index is 7.22. The fourth-order valence-corrected chi connectivity index (χ4v) is 2.16. The van der Waals surface area contributed by atoms with E-state index in [1.165, 1.54) is 44.1 Å². The van der Waals surface area contributed by atoms with Gasteiger partial charge in [-0.2, -0.15) is 0 Å². The zero-order valence-corrected chi connectivity index (χ0v) is 9.08. The highest BCUT2D eigenvalue weighted by molar-refractivity contribution is 5.77. The highest BCUT2D eigenvalue weighted by Gasteiger charge is 2.09. The molecule has 1 fully saturated rings. The molecule has 1 heterocycles. The summed E-state index contributed by atoms with van der Waals surface area (Å²) in [5, 5.41) is 7.22. The van der Waals surface area contributed by atoms with Gasteiger partial charge in [0.2, 0.25) is 0 Å². The fourth-order valence-electron chi connectivity index (χ4n) is 2.16. The largest absolute Gasteiger partial charge is 0.308 e. The van der Waals surface area contributed by atoms with Gasteiger partial charge in [-0.15, -0.1) is 0 Å². The maximum Gasteiger partial charge on any atom is 0.0250 e. The molecule has 80 valence electrons. The first-order valence-corrected chi connectivity index (χ1v) is 5.70. The summed E-state index contributed by atoms with van der Waals surface area (Å²) in [6.07, 6.45) is 5.48. The Bertz CT molecular complexity index is 327. The standard InChI is InChI=1S/C13H18N2/c14-10-12-5-4-6-13(9-12)11-15-7-2-1-3-8-15/h4-6,9-10,14H,1-3,7-8,11H2. The summed E-state index contributed by atoms with van der Waals surface area (Å²) in [6, 6.07) is 8.29. The second kappa shape index (κ2) is 5.08. The van der Waals surface area contributed by atoms with E-state index in [1.54, 1.807) is 0 Å². The summed E-state index contributed by atoms with van der Waals surface area (Å²) in [7, 11) is 0. The van der Waals surface area contributed by atoms with Gasteiger partial charge in [-0.25, -0.2) is 0 Å². The minimum atomic E-state index is 1.00. The van der Waals surface area contributed by atoms with Crippen molar-refractivity contribution in [1.82, 2.24) is 4.90 Å². The molecule has 0 bridgehead atoms. The molecule has 1 aromatic carbocycles. The molecular formula is C13H18N2. The average Bonchev–Trinajstić information content (AvgIpc) is 2.31. The van der Waals surface area contributed by atoms with Gasteiger partial charge in [0.05, 0.1) is 0 Å². The third-order valence-electron chi connectivity index (χ3n) is 2.97. The van der Waals surface area contributed by atoms with Crippen molar-refractivity contribution in [3.8, 4) is 0 Å². The van der Waals surface area contributed by atoms with Crippen LogP contribution in [0.25, 0.3) is 0 Å². The molecule has 0 amide bonds. The number of hydrogen-bond donors (Lipinski definition) is 1. The molecule has 1 saturated heterocycles. The second-order valence-corrected chi connectivity index (χ2v) is 4.23. The lowest BCUT2D eigenvalue weighted by Gasteiger charge is -2.26. The molecule has 0 aliphatic carbocycles. The van der Waals surface area contributed by atoms with Crippen LogP contribution in [0.1, 0.15) is 30.4 Å². The van der Waals surface area contributed by atoms with E-state index >= 15 is 0 Å². The van der Waals surface area contributed by atoms with Crippen LogP contribution < -0.4 is 0 Å². The van der Waals surface area contributed by atoms with Gasteiger partial charge in [-0.3, -0.25) is 4.90 Å². The smallest absolute Gasteiger partial charge is 0.0250 e. The number of rotatable bonds is 3. The molecule has 2 rings (SSSR count). The highest BCUT2D eigenvalue weighted by Crippen LogP contribution is 2.13. The van der Waals surface area contributed by atoms with Crippen molar-refractivity contribution in [1.29, 1.82) is 5.41 Å². The average molecular weight is 202 g/mol. The van der Waals surface area contributed by atoms with Crippen molar-refractivity contribution in [2.75, 3.05) is 13.1 Å². The molecule has 1 aliphatic heterocycles. The molecule has 1 N–H and O–H groups in total. The number of piperidine rings is 1. The fraction of sp³-hybridized carbons (Fsp3) is 0.462. The Morgan fingerprint density at radius 2 is 2.00 bits per heavy atom. The summed E-state index contributed by atoms with van der Waals surface area (Å²) in [4.78, 5) is 2.51. The molecule has 0 saturated carbocycles. The lowest BCUT2D eigenvalue weighted by molar-refractivity contribution is 0.221. The predicted octanol–water partition coefficient (Wildman–Crippen LogP) is 2.67. The third kappa shape index (κ3) is 2.90. The van der Waals surface area contributed by atoms with E-state index in [-0.39, 0.29) is 0 Å². The topological polar surface area (TPSA) is 27.1 Å². The highest BCUT2D eigenvalue weighted by atomic mass is 15.1. The van der Waals surface area contributed by atoms with Crippen molar-refractivity contribution in [2.24, 2.45) is 0 Å². The number of nitrogens with one attached hydrogen (secondary N) is 1. The van der Waals surface area contributed by atoms with Crippen LogP contribution in [0.4, 0.5) is 0 Å². The minimum absolute atomic E-state index is 1.00. The molecule has 0 spiro atoms. The predicted molar refractivity (Wildman–Crippen MR) is 63.5 cm³/mol. The van der Waals surface area contributed by atoms with Gasteiger partial charge in [0.15, 0.2) is 0 Å². The van der Waals surface area contributed by atoms with Crippen LogP contribution in [0.15, 0.2) is 24.3 Å². The zero-order valence-electron chi connectivity index (χ0n) is 9.08. The summed E-state index contributed by atoms with van der Waals surface area (Å²) < 4.78 is 0. The van der Waals surface area contributed by atoms with Gasteiger partial charge in [0.1, 0.15) is 0 Å². The first-order chi connectivity index (χ1) is 7.38. The normalized spacial score (nSPS) is 17.6. The van der Waals surface area contributed by atoms with Gasteiger partial charge in [0, 0.05) is 12.8 Å². The van der Waals surface area contributed by atoms with Gasteiger partial charge in [-0.05, 0) is 43.1 Å². The zero-order chi connectivity index (χ0) is 10.5. The van der Waals surface area contributed by atoms with Crippen molar-refractivity contribution in [2.45, 2.75) is 25.8 Å². The van der Waals surface area contributed by atoms with E-state index in [4.69, 9.17) is 5.41 Å². The Labute approximate surface area is 91.4 Å². The van der Waals surface area contributed by atoms with Gasteiger partial charge >= 0.3 is 0 Å². The first kappa shape index (κ1) is 10.4. The Morgan fingerprint density at radius 3 is 2.73 bits per heavy atom. The van der Waals surface area contributed by atoms with E-state index in [2.05, 4.69) is 17.0 Å². The molecule has 2 heteroatoms. The quantitative estimate of drug-likeness (QED) is 0.750. The summed E-state index contributed by atoms with van der Waals surface area (Å²) in [6.45, 7) is 3.51. The van der Waals surface area contributed by atoms with Crippen LogP contribution in [-0.4, -0.2) is 24.2 Å². The van der Waals surface area contributed by atoms with E-state index in [1.807, 2.05) is 12.1 Å². The third-order valence-corrected chi connectivity index (χ3v) is 2.97. The molecule has 0 unspecified atom stereocenters. The monoisotopic (exact) mass is 202 g/mol. The molecule has 0 atom stereocenters. The van der Waals surface area contributed by atoms with Gasteiger partial charge < -0.3 is 5.41 Å². The maximum absolute atomic E-state index is 7.22. The second-order valence-electron chi connectivity index (χ2n) is 4.23. The van der Waals surface area contributed by atoms with E-state index in [0.717, 1.165) is 12.1 Å². The van der Waals surface area contributed by atoms with Crippen LogP contribution in [0, 0.1) is 5.41 Å². The Kier molecular flexibility index (Phi) is 3.51. The SMILES string of the molecule is N=Cc1cccc(CN2CCCCC2)c1. The first-order valence-electron chi connectivity index (χ1n) is 5.70. The summed E-state index contributed by atoms with van der Waals surface area (Å²) >= 11 is 0. The lowest BCUT2D eigenvalue weighted by Crippen LogP contribution is -2.29. The van der Waals surface area contributed by atoms with Crippen molar-refractivity contribution < 1.29 is 0 Å². The van der Waals surface area contributed by atoms with Crippen molar-refractivity contribution in [3.05, 3.63) is 35.4 Å². The van der Waals surface area contributed by atoms with Crippen molar-refractivity contribution in [3.63, 3.8) is 0 Å². The Balaban J connectivity index is 1.99. The molecule has 0 aromatic heterocycles. The van der Waals surface area contributed by atoms with Crippen LogP contribution in [0.2, 0.25) is 0 Å². The van der Waals surface area contributed by atoms with E-state index < -0.39 is 0 Å². The van der Waals surface area contributed by atoms with Crippen LogP contribution in [-0.2, 0) is 6.54 Å². The molecule has 0 radical (unpaired) electrons. The molecule has 2 nitrogen and oxygen atoms in total. The number of hydrogen-bond acceptors (Lipinski definition) is 2. The Morgan fingerprint density at radius 1 is 1.20 bits per heavy atom. The summed E-state index contributed by atoms with van der Waals surface area (Å²) in [5.74, 6) is 0. The summed E-state index contributed by atoms with van der Waals surface area (Å²) in [5.41, 5.74) is 2.34. The Hall–Kier alpha value is -1.15. The van der Waals surface area contributed by atoms with Crippen LogP contribution in [0.5, 0.6) is 0 Å². The number of benzene rings is 1. The van der Waals surface area contributed by atoms with Gasteiger partial charge in [0.25, 0.3) is 0 Å². The number of likely N-dealkylation sites (tertiary alicyclic amines) is 1. The molecule has 15 heavy (non-hydrogen) atoms. The van der Waals surface area contributed by atoms with Gasteiger partial charge in [-0.1, -0.05) is 24.6 Å². The number of nitrogens with zero attached hydrogens (tertiary/aromatic N) is 1. The van der Waals surface area contributed by atoms with Crippen LogP contribution in [0.3, 0.4) is 0 Å². The molecular weight excluding hydrogens is 184 g/mol. The van der Waals surface area contributed by atoms with Crippen LogP contribution >= 0.6 is 0 Å². The lowest BCUT2D eigenvalue weighted by atomic mass is 10.1. The molecule has 1 aliphatic rings.